The Kier molecular flexibility index (Phi) is 4.55. The van der Waals surface area contributed by atoms with Crippen LogP contribution in [0, 0.1) is 5.41 Å². The largest absolute Gasteiger partial charge is 0.391 e. The third-order valence-electron chi connectivity index (χ3n) is 4.17. The quantitative estimate of drug-likeness (QED) is 0.766. The maximum absolute atomic E-state index is 12.5. The first kappa shape index (κ1) is 17.1. The average Bonchev–Trinajstić information content (AvgIpc) is 3.03. The zero-order chi connectivity index (χ0) is 18.0. The molecule has 3 aromatic rings. The summed E-state index contributed by atoms with van der Waals surface area (Å²) in [5.74, 6) is -0.295. The summed E-state index contributed by atoms with van der Waals surface area (Å²) in [4.78, 5) is 16.8. The van der Waals surface area contributed by atoms with Crippen molar-refractivity contribution in [2.75, 3.05) is 6.54 Å². The van der Waals surface area contributed by atoms with Crippen LogP contribution in [0.5, 0.6) is 0 Å². The Morgan fingerprint density at radius 3 is 2.64 bits per heavy atom. The molecular formula is C19H22N4O2. The Labute approximate surface area is 146 Å². The molecule has 130 valence electrons. The predicted molar refractivity (Wildman–Crippen MR) is 96.2 cm³/mol. The second kappa shape index (κ2) is 6.64. The number of nitrogens with one attached hydrogen (secondary N) is 1. The highest BCUT2D eigenvalue weighted by Crippen LogP contribution is 2.21. The zero-order valence-corrected chi connectivity index (χ0v) is 14.6. The van der Waals surface area contributed by atoms with E-state index in [1.807, 2.05) is 57.2 Å². The minimum Gasteiger partial charge on any atom is -0.391 e. The number of hydrogen-bond acceptors (Lipinski definition) is 4. The molecule has 1 atom stereocenters. The van der Waals surface area contributed by atoms with Crippen molar-refractivity contribution in [1.82, 2.24) is 19.9 Å². The van der Waals surface area contributed by atoms with Crippen LogP contribution in [0.4, 0.5) is 0 Å². The van der Waals surface area contributed by atoms with Crippen LogP contribution < -0.4 is 5.32 Å². The van der Waals surface area contributed by atoms with Crippen molar-refractivity contribution in [2.45, 2.75) is 26.9 Å². The SMILES string of the molecule is CC(C)(C)C(O)CNC(=O)c1cnn2c(-c3ccccc3)ccnc12. The molecule has 3 rings (SSSR count). The molecule has 2 heterocycles. The van der Waals surface area contributed by atoms with Gasteiger partial charge in [0.1, 0.15) is 5.56 Å². The fraction of sp³-hybridized carbons (Fsp3) is 0.316. The summed E-state index contributed by atoms with van der Waals surface area (Å²) in [5, 5.41) is 17.2. The van der Waals surface area contributed by atoms with Crippen molar-refractivity contribution in [3.8, 4) is 11.3 Å². The molecule has 1 amide bonds. The van der Waals surface area contributed by atoms with Crippen molar-refractivity contribution in [3.63, 3.8) is 0 Å². The molecule has 6 heteroatoms. The van der Waals surface area contributed by atoms with Crippen molar-refractivity contribution in [3.05, 3.63) is 54.4 Å². The van der Waals surface area contributed by atoms with E-state index in [-0.39, 0.29) is 17.9 Å². The van der Waals surface area contributed by atoms with E-state index in [2.05, 4.69) is 15.4 Å². The fourth-order valence-electron chi connectivity index (χ4n) is 2.47. The van der Waals surface area contributed by atoms with Gasteiger partial charge in [-0.1, -0.05) is 51.1 Å². The van der Waals surface area contributed by atoms with Crippen molar-refractivity contribution in [1.29, 1.82) is 0 Å². The van der Waals surface area contributed by atoms with E-state index in [9.17, 15) is 9.90 Å². The standard InChI is InChI=1S/C19H22N4O2/c1-19(2,3)16(24)12-21-18(25)14-11-22-23-15(9-10-20-17(14)23)13-7-5-4-6-8-13/h4-11,16,24H,12H2,1-3H3,(H,21,25). The maximum Gasteiger partial charge on any atom is 0.256 e. The first-order chi connectivity index (χ1) is 11.9. The summed E-state index contributed by atoms with van der Waals surface area (Å²) < 4.78 is 1.66. The number of aromatic nitrogens is 3. The van der Waals surface area contributed by atoms with Gasteiger partial charge in [0.25, 0.3) is 5.91 Å². The Morgan fingerprint density at radius 2 is 1.96 bits per heavy atom. The minimum atomic E-state index is -0.633. The Balaban J connectivity index is 1.88. The molecule has 25 heavy (non-hydrogen) atoms. The minimum absolute atomic E-state index is 0.179. The summed E-state index contributed by atoms with van der Waals surface area (Å²) in [6.45, 7) is 5.95. The van der Waals surface area contributed by atoms with Crippen LogP contribution in [0.25, 0.3) is 16.9 Å². The first-order valence-electron chi connectivity index (χ1n) is 8.22. The molecule has 2 N–H and O–H groups in total. The van der Waals surface area contributed by atoms with Crippen molar-refractivity contribution >= 4 is 11.6 Å². The number of rotatable bonds is 4. The Hall–Kier alpha value is -2.73. The molecule has 1 aromatic carbocycles. The number of carbonyl (C=O) groups is 1. The van der Waals surface area contributed by atoms with E-state index in [1.165, 1.54) is 6.20 Å². The third kappa shape index (κ3) is 3.53. The van der Waals surface area contributed by atoms with Gasteiger partial charge in [0, 0.05) is 18.3 Å². The topological polar surface area (TPSA) is 79.5 Å². The van der Waals surface area contributed by atoms with Gasteiger partial charge in [0.2, 0.25) is 0 Å². The van der Waals surface area contributed by atoms with E-state index >= 15 is 0 Å². The van der Waals surface area contributed by atoms with E-state index in [1.54, 1.807) is 10.7 Å². The number of carbonyl (C=O) groups excluding carboxylic acids is 1. The lowest BCUT2D eigenvalue weighted by atomic mass is 9.89. The van der Waals surface area contributed by atoms with E-state index in [0.717, 1.165) is 11.3 Å². The molecule has 0 spiro atoms. The number of nitrogens with zero attached hydrogens (tertiary/aromatic N) is 3. The number of amides is 1. The van der Waals surface area contributed by atoms with Crippen LogP contribution in [0.2, 0.25) is 0 Å². The Bertz CT molecular complexity index is 881. The monoisotopic (exact) mass is 338 g/mol. The molecule has 6 nitrogen and oxygen atoms in total. The van der Waals surface area contributed by atoms with Crippen LogP contribution in [0.1, 0.15) is 31.1 Å². The van der Waals surface area contributed by atoms with Gasteiger partial charge in [0.15, 0.2) is 5.65 Å². The second-order valence-electron chi connectivity index (χ2n) is 7.08. The Morgan fingerprint density at radius 1 is 1.24 bits per heavy atom. The predicted octanol–water partition coefficient (Wildman–Crippen LogP) is 2.53. The average molecular weight is 338 g/mol. The first-order valence-corrected chi connectivity index (χ1v) is 8.22. The molecule has 0 aliphatic carbocycles. The molecule has 0 bridgehead atoms. The zero-order valence-electron chi connectivity index (χ0n) is 14.6. The molecule has 0 aliphatic rings. The van der Waals surface area contributed by atoms with Gasteiger partial charge >= 0.3 is 0 Å². The summed E-state index contributed by atoms with van der Waals surface area (Å²) in [6.07, 6.45) is 2.54. The van der Waals surface area contributed by atoms with E-state index in [0.29, 0.717) is 11.2 Å². The highest BCUT2D eigenvalue weighted by Gasteiger charge is 2.23. The fourth-order valence-corrected chi connectivity index (χ4v) is 2.47. The van der Waals surface area contributed by atoms with Crippen LogP contribution >= 0.6 is 0 Å². The van der Waals surface area contributed by atoms with Crippen LogP contribution in [0.15, 0.2) is 48.8 Å². The van der Waals surface area contributed by atoms with Crippen molar-refractivity contribution in [2.24, 2.45) is 5.41 Å². The molecule has 0 radical (unpaired) electrons. The number of aliphatic hydroxyl groups excluding tert-OH is 1. The second-order valence-corrected chi connectivity index (χ2v) is 7.08. The van der Waals surface area contributed by atoms with Gasteiger partial charge in [-0.25, -0.2) is 9.50 Å². The van der Waals surface area contributed by atoms with Crippen LogP contribution in [0.3, 0.4) is 0 Å². The highest BCUT2D eigenvalue weighted by atomic mass is 16.3. The summed E-state index contributed by atoms with van der Waals surface area (Å²) in [7, 11) is 0. The number of aliphatic hydroxyl groups is 1. The van der Waals surface area contributed by atoms with Gasteiger partial charge in [-0.15, -0.1) is 0 Å². The van der Waals surface area contributed by atoms with Gasteiger partial charge in [-0.05, 0) is 11.5 Å². The molecule has 0 saturated carbocycles. The summed E-state index contributed by atoms with van der Waals surface area (Å²) in [6, 6.07) is 11.7. The molecular weight excluding hydrogens is 316 g/mol. The number of fused-ring (bicyclic) bond motifs is 1. The highest BCUT2D eigenvalue weighted by molar-refractivity contribution is 5.99. The normalized spacial score (nSPS) is 13.0. The molecule has 0 fully saturated rings. The van der Waals surface area contributed by atoms with Gasteiger partial charge in [-0.2, -0.15) is 5.10 Å². The number of benzene rings is 1. The van der Waals surface area contributed by atoms with E-state index < -0.39 is 6.10 Å². The molecule has 0 saturated heterocycles. The van der Waals surface area contributed by atoms with Gasteiger partial charge in [-0.3, -0.25) is 4.79 Å². The van der Waals surface area contributed by atoms with Crippen LogP contribution in [-0.2, 0) is 0 Å². The summed E-state index contributed by atoms with van der Waals surface area (Å²) >= 11 is 0. The van der Waals surface area contributed by atoms with Gasteiger partial charge in [0.05, 0.1) is 18.0 Å². The lowest BCUT2D eigenvalue weighted by Crippen LogP contribution is -2.39. The molecule has 2 aromatic heterocycles. The summed E-state index contributed by atoms with van der Waals surface area (Å²) in [5.41, 5.74) is 2.43. The molecule has 1 unspecified atom stereocenters. The number of hydrogen-bond donors (Lipinski definition) is 2. The van der Waals surface area contributed by atoms with E-state index in [4.69, 9.17) is 0 Å². The lowest BCUT2D eigenvalue weighted by Gasteiger charge is -2.25. The third-order valence-corrected chi connectivity index (χ3v) is 4.17. The van der Waals surface area contributed by atoms with Gasteiger partial charge < -0.3 is 10.4 Å². The van der Waals surface area contributed by atoms with Crippen LogP contribution in [-0.4, -0.2) is 38.3 Å². The van der Waals surface area contributed by atoms with Crippen molar-refractivity contribution < 1.29 is 9.90 Å². The maximum atomic E-state index is 12.5. The molecule has 0 aliphatic heterocycles. The smallest absolute Gasteiger partial charge is 0.256 e. The lowest BCUT2D eigenvalue weighted by molar-refractivity contribution is 0.0587.